The van der Waals surface area contributed by atoms with Crippen LogP contribution in [-0.2, 0) is 0 Å². The molecule has 144 valence electrons. The molecule has 2 aromatic carbocycles. The van der Waals surface area contributed by atoms with Gasteiger partial charge in [0.25, 0.3) is 0 Å². The molecule has 1 atom stereocenters. The first-order valence-corrected chi connectivity index (χ1v) is 9.50. The minimum Gasteiger partial charge on any atom is -0.497 e. The number of ether oxygens (including phenoxy) is 1. The molecule has 0 saturated carbocycles. The summed E-state index contributed by atoms with van der Waals surface area (Å²) in [4.78, 5) is 15.7. The molecule has 0 aliphatic carbocycles. The second kappa shape index (κ2) is 8.38. The zero-order valence-corrected chi connectivity index (χ0v) is 16.8. The second-order valence-corrected chi connectivity index (χ2v) is 7.58. The Bertz CT molecular complexity index is 824. The number of hydrogen-bond donors (Lipinski definition) is 1. The number of nitrogens with zero attached hydrogens (tertiary/aromatic N) is 2. The number of halogens is 2. The third-order valence-corrected chi connectivity index (χ3v) is 5.40. The molecule has 1 fully saturated rings. The number of amides is 1. The zero-order chi connectivity index (χ0) is 19.6. The lowest BCUT2D eigenvalue weighted by Gasteiger charge is -2.28. The Morgan fingerprint density at radius 2 is 1.96 bits per heavy atom. The van der Waals surface area contributed by atoms with Crippen molar-refractivity contribution in [3.05, 3.63) is 46.4 Å². The van der Waals surface area contributed by atoms with E-state index in [4.69, 9.17) is 27.9 Å². The first kappa shape index (κ1) is 19.8. The summed E-state index contributed by atoms with van der Waals surface area (Å²) >= 11 is 12.3. The molecule has 1 saturated heterocycles. The first-order chi connectivity index (χ1) is 12.9. The number of hydrogen-bond acceptors (Lipinski definition) is 3. The van der Waals surface area contributed by atoms with Gasteiger partial charge in [0.2, 0.25) is 0 Å². The highest BCUT2D eigenvalue weighted by atomic mass is 35.5. The van der Waals surface area contributed by atoms with E-state index in [2.05, 4.69) is 4.90 Å². The quantitative estimate of drug-likeness (QED) is 0.733. The van der Waals surface area contributed by atoms with E-state index in [0.29, 0.717) is 33.6 Å². The maximum absolute atomic E-state index is 12.1. The van der Waals surface area contributed by atoms with Crippen molar-refractivity contribution in [2.45, 2.75) is 18.9 Å². The van der Waals surface area contributed by atoms with E-state index in [1.54, 1.807) is 37.4 Å². The fraction of sp³-hybridized carbons (Fsp3) is 0.350. The maximum Gasteiger partial charge on any atom is 0.411 e. The minimum atomic E-state index is -0.991. The molecule has 0 radical (unpaired) electrons. The van der Waals surface area contributed by atoms with Gasteiger partial charge in [-0.2, -0.15) is 0 Å². The highest BCUT2D eigenvalue weighted by Crippen LogP contribution is 2.37. The van der Waals surface area contributed by atoms with Crippen molar-refractivity contribution in [1.82, 2.24) is 4.90 Å². The number of carboxylic acid groups (broad SMARTS) is 1. The van der Waals surface area contributed by atoms with Crippen LogP contribution in [0.4, 0.5) is 10.5 Å². The van der Waals surface area contributed by atoms with E-state index >= 15 is 0 Å². The van der Waals surface area contributed by atoms with E-state index in [9.17, 15) is 9.90 Å². The summed E-state index contributed by atoms with van der Waals surface area (Å²) in [7, 11) is 3.61. The van der Waals surface area contributed by atoms with Crippen molar-refractivity contribution >= 4 is 35.0 Å². The van der Waals surface area contributed by atoms with Gasteiger partial charge in [0, 0.05) is 28.2 Å². The predicted molar refractivity (Wildman–Crippen MR) is 109 cm³/mol. The van der Waals surface area contributed by atoms with Crippen molar-refractivity contribution in [1.29, 1.82) is 0 Å². The standard InChI is InChI=1S/C20H22Cl2N2O3/c1-23-7-3-4-16(23)12-24(20(25)26)19-6-5-17(27-2)11-18(19)13-8-14(21)10-15(22)9-13/h5-6,8-11,16H,3-4,7,12H2,1-2H3,(H,25,26). The van der Waals surface area contributed by atoms with Crippen LogP contribution in [0.2, 0.25) is 10.0 Å². The summed E-state index contributed by atoms with van der Waals surface area (Å²) in [5.74, 6) is 0.633. The van der Waals surface area contributed by atoms with Gasteiger partial charge in [0.1, 0.15) is 5.75 Å². The van der Waals surface area contributed by atoms with Crippen LogP contribution >= 0.6 is 23.2 Å². The van der Waals surface area contributed by atoms with Crippen molar-refractivity contribution in [2.24, 2.45) is 0 Å². The number of anilines is 1. The van der Waals surface area contributed by atoms with E-state index in [0.717, 1.165) is 24.9 Å². The molecule has 1 N–H and O–H groups in total. The van der Waals surface area contributed by atoms with Crippen molar-refractivity contribution in [2.75, 3.05) is 32.1 Å². The molecule has 0 bridgehead atoms. The van der Waals surface area contributed by atoms with Crippen molar-refractivity contribution in [3.8, 4) is 16.9 Å². The van der Waals surface area contributed by atoms with Gasteiger partial charge in [-0.15, -0.1) is 0 Å². The summed E-state index contributed by atoms with van der Waals surface area (Å²) in [5, 5.41) is 10.9. The Balaban J connectivity index is 2.08. The molecule has 27 heavy (non-hydrogen) atoms. The topological polar surface area (TPSA) is 53.0 Å². The molecule has 7 heteroatoms. The maximum atomic E-state index is 12.1. The van der Waals surface area contributed by atoms with E-state index in [1.807, 2.05) is 13.1 Å². The highest BCUT2D eigenvalue weighted by molar-refractivity contribution is 6.35. The van der Waals surface area contributed by atoms with Crippen LogP contribution in [-0.4, -0.2) is 49.4 Å². The number of rotatable bonds is 5. The Morgan fingerprint density at radius 3 is 2.52 bits per heavy atom. The van der Waals surface area contributed by atoms with Gasteiger partial charge in [0.15, 0.2) is 0 Å². The molecule has 2 aromatic rings. The fourth-order valence-corrected chi connectivity index (χ4v) is 4.04. The Labute approximate surface area is 169 Å². The summed E-state index contributed by atoms with van der Waals surface area (Å²) in [5.41, 5.74) is 2.04. The number of benzene rings is 2. The van der Waals surface area contributed by atoms with Gasteiger partial charge in [-0.1, -0.05) is 23.2 Å². The number of methoxy groups -OCH3 is 1. The largest absolute Gasteiger partial charge is 0.497 e. The molecular formula is C20H22Cl2N2O3. The molecule has 1 heterocycles. The van der Waals surface area contributed by atoms with E-state index in [-0.39, 0.29) is 6.04 Å². The van der Waals surface area contributed by atoms with Crippen LogP contribution in [0, 0.1) is 0 Å². The van der Waals surface area contributed by atoms with Gasteiger partial charge >= 0.3 is 6.09 Å². The lowest BCUT2D eigenvalue weighted by molar-refractivity contribution is 0.198. The Hall–Kier alpha value is -1.95. The molecule has 1 aliphatic rings. The smallest absolute Gasteiger partial charge is 0.411 e. The van der Waals surface area contributed by atoms with Crippen LogP contribution in [0.25, 0.3) is 11.1 Å². The average molecular weight is 409 g/mol. The van der Waals surface area contributed by atoms with Gasteiger partial charge in [0.05, 0.1) is 12.8 Å². The number of carbonyl (C=O) groups is 1. The Kier molecular flexibility index (Phi) is 6.15. The molecule has 1 amide bonds. The molecular weight excluding hydrogens is 387 g/mol. The number of likely N-dealkylation sites (N-methyl/N-ethyl adjacent to an activating group) is 1. The highest BCUT2D eigenvalue weighted by Gasteiger charge is 2.28. The first-order valence-electron chi connectivity index (χ1n) is 8.74. The lowest BCUT2D eigenvalue weighted by Crippen LogP contribution is -2.41. The monoisotopic (exact) mass is 408 g/mol. The molecule has 0 spiro atoms. The van der Waals surface area contributed by atoms with Crippen LogP contribution in [0.1, 0.15) is 12.8 Å². The third kappa shape index (κ3) is 4.49. The summed E-state index contributed by atoms with van der Waals surface area (Å²) in [6, 6.07) is 10.7. The second-order valence-electron chi connectivity index (χ2n) is 6.71. The van der Waals surface area contributed by atoms with Crippen LogP contribution in [0.5, 0.6) is 5.75 Å². The van der Waals surface area contributed by atoms with Crippen molar-refractivity contribution < 1.29 is 14.6 Å². The number of likely N-dealkylation sites (tertiary alicyclic amines) is 1. The van der Waals surface area contributed by atoms with Crippen molar-refractivity contribution in [3.63, 3.8) is 0 Å². The molecule has 5 nitrogen and oxygen atoms in total. The summed E-state index contributed by atoms with van der Waals surface area (Å²) in [6.07, 6.45) is 1.07. The van der Waals surface area contributed by atoms with Gasteiger partial charge in [-0.3, -0.25) is 4.90 Å². The molecule has 0 aromatic heterocycles. The zero-order valence-electron chi connectivity index (χ0n) is 15.3. The lowest BCUT2D eigenvalue weighted by atomic mass is 10.0. The summed E-state index contributed by atoms with van der Waals surface area (Å²) < 4.78 is 5.34. The van der Waals surface area contributed by atoms with Gasteiger partial charge in [-0.05, 0) is 68.4 Å². The predicted octanol–water partition coefficient (Wildman–Crippen LogP) is 5.25. The van der Waals surface area contributed by atoms with Crippen LogP contribution in [0.3, 0.4) is 0 Å². The summed E-state index contributed by atoms with van der Waals surface area (Å²) in [6.45, 7) is 1.39. The molecule has 1 aliphatic heterocycles. The molecule has 3 rings (SSSR count). The van der Waals surface area contributed by atoms with E-state index in [1.165, 1.54) is 4.90 Å². The third-order valence-electron chi connectivity index (χ3n) is 4.96. The molecule has 1 unspecified atom stereocenters. The minimum absolute atomic E-state index is 0.194. The van der Waals surface area contributed by atoms with Gasteiger partial charge < -0.3 is 14.7 Å². The van der Waals surface area contributed by atoms with Gasteiger partial charge in [-0.25, -0.2) is 4.79 Å². The SMILES string of the molecule is COc1ccc(N(CC2CCCN2C)C(=O)O)c(-c2cc(Cl)cc(Cl)c2)c1. The fourth-order valence-electron chi connectivity index (χ4n) is 3.52. The van der Waals surface area contributed by atoms with Crippen LogP contribution < -0.4 is 9.64 Å². The van der Waals surface area contributed by atoms with Crippen LogP contribution in [0.15, 0.2) is 36.4 Å². The average Bonchev–Trinajstić information content (AvgIpc) is 3.03. The van der Waals surface area contributed by atoms with E-state index < -0.39 is 6.09 Å². The Morgan fingerprint density at radius 1 is 1.26 bits per heavy atom. The normalized spacial score (nSPS) is 17.1.